The van der Waals surface area contributed by atoms with Gasteiger partial charge >= 0.3 is 5.97 Å². The number of rotatable bonds is 2. The summed E-state index contributed by atoms with van der Waals surface area (Å²) in [5, 5.41) is 18.7. The normalized spacial score (nSPS) is 22.9. The number of carbonyl (C=O) groups is 1. The number of hydrogen-bond donors (Lipinski definition) is 1. The number of nitrogens with zero attached hydrogens (tertiary/aromatic N) is 2. The monoisotopic (exact) mass is 278 g/mol. The number of hydrogen-bond acceptors (Lipinski definition) is 3. The van der Waals surface area contributed by atoms with Crippen molar-refractivity contribution in [1.82, 2.24) is 0 Å². The molecule has 1 unspecified atom stereocenters. The maximum Gasteiger partial charge on any atom is 0.329 e. The molecule has 0 aromatic heterocycles. The number of piperidine rings is 1. The molecule has 4 nitrogen and oxygen atoms in total. The summed E-state index contributed by atoms with van der Waals surface area (Å²) in [7, 11) is 0. The van der Waals surface area contributed by atoms with Gasteiger partial charge in [-0.2, -0.15) is 5.26 Å². The second-order valence-electron chi connectivity index (χ2n) is 4.97. The fourth-order valence-electron chi connectivity index (χ4n) is 2.52. The molecule has 19 heavy (non-hydrogen) atoms. The van der Waals surface area contributed by atoms with Crippen LogP contribution >= 0.6 is 11.6 Å². The van der Waals surface area contributed by atoms with Crippen LogP contribution in [0.3, 0.4) is 0 Å². The Labute approximate surface area is 117 Å². The second kappa shape index (κ2) is 5.10. The maximum absolute atomic E-state index is 11.6. The Hall–Kier alpha value is -1.73. The Kier molecular flexibility index (Phi) is 3.68. The topological polar surface area (TPSA) is 64.3 Å². The summed E-state index contributed by atoms with van der Waals surface area (Å²) in [6, 6.07) is 6.99. The highest BCUT2D eigenvalue weighted by Gasteiger charge is 2.42. The maximum atomic E-state index is 11.6. The minimum absolute atomic E-state index is 0.424. The van der Waals surface area contributed by atoms with Crippen molar-refractivity contribution >= 4 is 23.3 Å². The molecule has 1 saturated heterocycles. The first-order valence-corrected chi connectivity index (χ1v) is 6.57. The molecule has 0 aliphatic carbocycles. The summed E-state index contributed by atoms with van der Waals surface area (Å²) in [6.45, 7) is 2.39. The average Bonchev–Trinajstić information content (AvgIpc) is 2.39. The molecule has 1 aromatic rings. The summed E-state index contributed by atoms with van der Waals surface area (Å²) in [5.74, 6) is -0.840. The fourth-order valence-corrected chi connectivity index (χ4v) is 2.81. The largest absolute Gasteiger partial charge is 0.480 e. The molecular weight excluding hydrogens is 264 g/mol. The summed E-state index contributed by atoms with van der Waals surface area (Å²) < 4.78 is 0. The van der Waals surface area contributed by atoms with E-state index in [0.717, 1.165) is 12.8 Å². The first kappa shape index (κ1) is 13.7. The first-order valence-electron chi connectivity index (χ1n) is 6.20. The molecule has 5 heteroatoms. The van der Waals surface area contributed by atoms with Gasteiger partial charge in [-0.25, -0.2) is 4.79 Å². The number of anilines is 1. The zero-order chi connectivity index (χ0) is 14.0. The van der Waals surface area contributed by atoms with Crippen LogP contribution in [0, 0.1) is 11.3 Å². The summed E-state index contributed by atoms with van der Waals surface area (Å²) in [6.07, 6.45) is 2.44. The van der Waals surface area contributed by atoms with Gasteiger partial charge in [0.25, 0.3) is 0 Å². The van der Waals surface area contributed by atoms with E-state index >= 15 is 0 Å². The van der Waals surface area contributed by atoms with Crippen molar-refractivity contribution in [3.8, 4) is 6.07 Å². The van der Waals surface area contributed by atoms with Gasteiger partial charge in [0.2, 0.25) is 0 Å². The van der Waals surface area contributed by atoms with Gasteiger partial charge in [0.1, 0.15) is 5.54 Å². The van der Waals surface area contributed by atoms with Crippen LogP contribution in [0.25, 0.3) is 0 Å². The Balaban J connectivity index is 2.44. The van der Waals surface area contributed by atoms with Gasteiger partial charge in [0.05, 0.1) is 22.3 Å². The van der Waals surface area contributed by atoms with E-state index < -0.39 is 11.5 Å². The lowest BCUT2D eigenvalue weighted by Gasteiger charge is -2.43. The van der Waals surface area contributed by atoms with Crippen molar-refractivity contribution in [2.75, 3.05) is 11.4 Å². The van der Waals surface area contributed by atoms with Gasteiger partial charge in [0.15, 0.2) is 0 Å². The molecule has 1 heterocycles. The predicted octanol–water partition coefficient (Wildman–Crippen LogP) is 3.05. The molecule has 1 fully saturated rings. The lowest BCUT2D eigenvalue weighted by atomic mass is 9.88. The van der Waals surface area contributed by atoms with Crippen molar-refractivity contribution in [1.29, 1.82) is 5.26 Å². The Bertz CT molecular complexity index is 553. The van der Waals surface area contributed by atoms with Crippen molar-refractivity contribution in [2.45, 2.75) is 31.7 Å². The van der Waals surface area contributed by atoms with Gasteiger partial charge in [-0.1, -0.05) is 11.6 Å². The molecule has 0 spiro atoms. The summed E-state index contributed by atoms with van der Waals surface area (Å²) >= 11 is 6.19. The zero-order valence-corrected chi connectivity index (χ0v) is 11.4. The molecule has 0 amide bonds. The highest BCUT2D eigenvalue weighted by molar-refractivity contribution is 6.33. The van der Waals surface area contributed by atoms with Crippen molar-refractivity contribution < 1.29 is 9.90 Å². The molecule has 100 valence electrons. The van der Waals surface area contributed by atoms with Crippen LogP contribution in [0.1, 0.15) is 31.7 Å². The first-order chi connectivity index (χ1) is 8.99. The van der Waals surface area contributed by atoms with Crippen molar-refractivity contribution in [3.63, 3.8) is 0 Å². The van der Waals surface area contributed by atoms with Crippen LogP contribution < -0.4 is 4.90 Å². The van der Waals surface area contributed by atoms with Crippen molar-refractivity contribution in [3.05, 3.63) is 28.8 Å². The van der Waals surface area contributed by atoms with Gasteiger partial charge in [-0.15, -0.1) is 0 Å². The standard InChI is InChI=1S/C14H15ClN2O2/c1-14(13(18)19)6-2-3-7-17(14)12-5-4-10(9-16)8-11(12)15/h4-5,8H,2-3,6-7H2,1H3,(H,18,19). The van der Waals surface area contributed by atoms with Gasteiger partial charge in [-0.05, 0) is 44.4 Å². The van der Waals surface area contributed by atoms with E-state index in [4.69, 9.17) is 16.9 Å². The lowest BCUT2D eigenvalue weighted by Crippen LogP contribution is -2.55. The minimum Gasteiger partial charge on any atom is -0.480 e. The number of carboxylic acid groups (broad SMARTS) is 1. The molecule has 1 aromatic carbocycles. The highest BCUT2D eigenvalue weighted by Crippen LogP contribution is 2.37. The number of carboxylic acids is 1. The average molecular weight is 279 g/mol. The third-order valence-electron chi connectivity index (χ3n) is 3.72. The third kappa shape index (κ3) is 2.39. The number of halogens is 1. The molecule has 1 atom stereocenters. The fraction of sp³-hybridized carbons (Fsp3) is 0.429. The zero-order valence-electron chi connectivity index (χ0n) is 10.7. The quantitative estimate of drug-likeness (QED) is 0.903. The summed E-state index contributed by atoms with van der Waals surface area (Å²) in [4.78, 5) is 13.4. The summed E-state index contributed by atoms with van der Waals surface area (Å²) in [5.41, 5.74) is 0.226. The molecule has 2 rings (SSSR count). The Morgan fingerprint density at radius 3 is 2.84 bits per heavy atom. The number of aliphatic carboxylic acids is 1. The Morgan fingerprint density at radius 1 is 1.53 bits per heavy atom. The lowest BCUT2D eigenvalue weighted by molar-refractivity contribution is -0.143. The number of nitriles is 1. The van der Waals surface area contributed by atoms with Crippen LogP contribution in [-0.2, 0) is 4.79 Å². The Morgan fingerprint density at radius 2 is 2.26 bits per heavy atom. The van der Waals surface area contributed by atoms with E-state index in [0.29, 0.717) is 29.2 Å². The SMILES string of the molecule is CC1(C(=O)O)CCCCN1c1ccc(C#N)cc1Cl. The van der Waals surface area contributed by atoms with Crippen LogP contribution in [0.4, 0.5) is 5.69 Å². The van der Waals surface area contributed by atoms with E-state index in [1.54, 1.807) is 25.1 Å². The van der Waals surface area contributed by atoms with E-state index in [1.807, 2.05) is 11.0 Å². The highest BCUT2D eigenvalue weighted by atomic mass is 35.5. The third-order valence-corrected chi connectivity index (χ3v) is 4.02. The van der Waals surface area contributed by atoms with Crippen LogP contribution in [0.2, 0.25) is 5.02 Å². The van der Waals surface area contributed by atoms with Crippen molar-refractivity contribution in [2.24, 2.45) is 0 Å². The van der Waals surface area contributed by atoms with E-state index in [9.17, 15) is 9.90 Å². The van der Waals surface area contributed by atoms with Gasteiger partial charge < -0.3 is 10.0 Å². The van der Waals surface area contributed by atoms with E-state index in [-0.39, 0.29) is 0 Å². The molecule has 0 radical (unpaired) electrons. The van der Waals surface area contributed by atoms with E-state index in [2.05, 4.69) is 0 Å². The predicted molar refractivity (Wildman–Crippen MR) is 73.4 cm³/mol. The molecular formula is C14H15ClN2O2. The molecule has 0 bridgehead atoms. The second-order valence-corrected chi connectivity index (χ2v) is 5.37. The molecule has 1 N–H and O–H groups in total. The van der Waals surface area contributed by atoms with Gasteiger partial charge in [0, 0.05) is 6.54 Å². The van der Waals surface area contributed by atoms with E-state index in [1.165, 1.54) is 0 Å². The number of benzene rings is 1. The molecule has 1 aliphatic heterocycles. The van der Waals surface area contributed by atoms with Crippen LogP contribution in [0.15, 0.2) is 18.2 Å². The smallest absolute Gasteiger partial charge is 0.329 e. The molecule has 0 saturated carbocycles. The van der Waals surface area contributed by atoms with Gasteiger partial charge in [-0.3, -0.25) is 0 Å². The molecule has 1 aliphatic rings. The van der Waals surface area contributed by atoms with Crippen LogP contribution in [0.5, 0.6) is 0 Å². The minimum atomic E-state index is -0.934. The van der Waals surface area contributed by atoms with Crippen LogP contribution in [-0.4, -0.2) is 23.2 Å².